The Morgan fingerprint density at radius 3 is 2.42 bits per heavy atom. The van der Waals surface area contributed by atoms with Crippen LogP contribution < -0.4 is 5.32 Å². The summed E-state index contributed by atoms with van der Waals surface area (Å²) in [5.41, 5.74) is -1.19. The smallest absolute Gasteiger partial charge is 0.329 e. The minimum atomic E-state index is -1.19. The summed E-state index contributed by atoms with van der Waals surface area (Å²) in [6.07, 6.45) is 4.86. The van der Waals surface area contributed by atoms with Gasteiger partial charge in [-0.15, -0.1) is 0 Å². The van der Waals surface area contributed by atoms with Gasteiger partial charge >= 0.3 is 12.0 Å². The van der Waals surface area contributed by atoms with Crippen LogP contribution in [0.2, 0.25) is 0 Å². The Morgan fingerprint density at radius 1 is 1.32 bits per heavy atom. The van der Waals surface area contributed by atoms with Gasteiger partial charge in [-0.2, -0.15) is 0 Å². The number of nitrogens with zero attached hydrogens (tertiary/aromatic N) is 1. The van der Waals surface area contributed by atoms with Crippen molar-refractivity contribution in [2.24, 2.45) is 11.8 Å². The number of likely N-dealkylation sites (N-methyl/N-ethyl adjacent to an activating group) is 1. The molecule has 1 fully saturated rings. The highest BCUT2D eigenvalue weighted by atomic mass is 16.4. The highest BCUT2D eigenvalue weighted by Crippen LogP contribution is 2.28. The molecule has 0 bridgehead atoms. The molecule has 0 radical (unpaired) electrons. The topological polar surface area (TPSA) is 69.6 Å². The number of nitrogens with one attached hydrogen (secondary N) is 1. The molecule has 0 aromatic carbocycles. The summed E-state index contributed by atoms with van der Waals surface area (Å²) < 4.78 is 0. The first kappa shape index (κ1) is 15.8. The van der Waals surface area contributed by atoms with E-state index in [1.807, 2.05) is 0 Å². The molecule has 5 nitrogen and oxygen atoms in total. The van der Waals surface area contributed by atoms with Crippen LogP contribution in [0, 0.1) is 11.8 Å². The van der Waals surface area contributed by atoms with Crippen LogP contribution in [0.3, 0.4) is 0 Å². The summed E-state index contributed by atoms with van der Waals surface area (Å²) in [5, 5.41) is 12.0. The van der Waals surface area contributed by atoms with Gasteiger partial charge in [0.25, 0.3) is 0 Å². The average Bonchev–Trinajstić information content (AvgIpc) is 2.36. The van der Waals surface area contributed by atoms with Crippen molar-refractivity contribution < 1.29 is 14.7 Å². The quantitative estimate of drug-likeness (QED) is 0.823. The second kappa shape index (κ2) is 6.26. The third kappa shape index (κ3) is 3.85. The number of hydrogen-bond acceptors (Lipinski definition) is 2. The molecule has 0 saturated heterocycles. The number of hydrogen-bond donors (Lipinski definition) is 2. The van der Waals surface area contributed by atoms with E-state index in [1.54, 1.807) is 0 Å². The van der Waals surface area contributed by atoms with Gasteiger partial charge in [-0.05, 0) is 32.1 Å². The van der Waals surface area contributed by atoms with Crippen LogP contribution in [0.25, 0.3) is 0 Å². The van der Waals surface area contributed by atoms with Crippen LogP contribution in [-0.2, 0) is 4.79 Å². The molecule has 0 heterocycles. The van der Waals surface area contributed by atoms with Crippen molar-refractivity contribution in [1.82, 2.24) is 10.2 Å². The monoisotopic (exact) mass is 270 g/mol. The molecular formula is C14H26N2O3. The largest absolute Gasteiger partial charge is 0.480 e. The maximum Gasteiger partial charge on any atom is 0.329 e. The second-order valence-electron chi connectivity index (χ2n) is 6.13. The van der Waals surface area contributed by atoms with Gasteiger partial charge in [0.2, 0.25) is 0 Å². The van der Waals surface area contributed by atoms with Gasteiger partial charge in [-0.25, -0.2) is 9.59 Å². The van der Waals surface area contributed by atoms with Crippen LogP contribution in [0.1, 0.15) is 46.5 Å². The fourth-order valence-electron chi connectivity index (χ4n) is 2.43. The summed E-state index contributed by atoms with van der Waals surface area (Å²) in [4.78, 5) is 24.4. The maximum atomic E-state index is 12.0. The van der Waals surface area contributed by atoms with Crippen molar-refractivity contribution in [2.75, 3.05) is 13.6 Å². The highest BCUT2D eigenvalue weighted by Gasteiger charge is 2.35. The lowest BCUT2D eigenvalue weighted by Crippen LogP contribution is -2.54. The fourth-order valence-corrected chi connectivity index (χ4v) is 2.43. The molecule has 110 valence electrons. The predicted molar refractivity (Wildman–Crippen MR) is 74.0 cm³/mol. The summed E-state index contributed by atoms with van der Waals surface area (Å²) in [6.45, 7) is 5.91. The van der Waals surface area contributed by atoms with Crippen molar-refractivity contribution in [2.45, 2.75) is 52.0 Å². The van der Waals surface area contributed by atoms with Crippen molar-refractivity contribution in [1.29, 1.82) is 0 Å². The van der Waals surface area contributed by atoms with Crippen LogP contribution in [0.4, 0.5) is 4.79 Å². The molecule has 2 amide bonds. The van der Waals surface area contributed by atoms with Crippen molar-refractivity contribution in [3.05, 3.63) is 0 Å². The van der Waals surface area contributed by atoms with Crippen molar-refractivity contribution in [3.63, 3.8) is 0 Å². The highest BCUT2D eigenvalue weighted by molar-refractivity contribution is 5.85. The number of aliphatic carboxylic acids is 1. The zero-order chi connectivity index (χ0) is 14.6. The van der Waals surface area contributed by atoms with Gasteiger partial charge < -0.3 is 15.3 Å². The molecule has 19 heavy (non-hydrogen) atoms. The second-order valence-corrected chi connectivity index (χ2v) is 6.13. The summed E-state index contributed by atoms with van der Waals surface area (Å²) in [5.74, 6) is 0.141. The molecule has 0 spiro atoms. The van der Waals surface area contributed by atoms with E-state index in [0.717, 1.165) is 6.42 Å². The summed E-state index contributed by atoms with van der Waals surface area (Å²) in [6, 6.07) is -0.315. The first-order chi connectivity index (χ1) is 8.76. The van der Waals surface area contributed by atoms with E-state index in [-0.39, 0.29) is 6.03 Å². The van der Waals surface area contributed by atoms with E-state index in [2.05, 4.69) is 12.2 Å². The third-order valence-corrected chi connectivity index (χ3v) is 4.47. The first-order valence-electron chi connectivity index (χ1n) is 7.02. The van der Waals surface area contributed by atoms with Crippen LogP contribution in [-0.4, -0.2) is 41.1 Å². The molecule has 2 atom stereocenters. The number of rotatable bonds is 4. The average molecular weight is 270 g/mol. The molecule has 1 rings (SSSR count). The minimum absolute atomic E-state index is 0.315. The number of carbonyl (C=O) groups excluding carboxylic acids is 1. The molecule has 2 unspecified atom stereocenters. The first-order valence-corrected chi connectivity index (χ1v) is 7.02. The maximum absolute atomic E-state index is 12.0. The minimum Gasteiger partial charge on any atom is -0.480 e. The molecule has 1 aliphatic carbocycles. The number of carboxylic acid groups (broad SMARTS) is 1. The number of carbonyl (C=O) groups is 2. The Kier molecular flexibility index (Phi) is 5.20. The van der Waals surface area contributed by atoms with Gasteiger partial charge in [-0.3, -0.25) is 0 Å². The summed E-state index contributed by atoms with van der Waals surface area (Å²) in [7, 11) is 1.52. The lowest BCUT2D eigenvalue weighted by molar-refractivity contribution is -0.146. The predicted octanol–water partition coefficient (Wildman–Crippen LogP) is 2.32. The standard InChI is InChI=1S/C14H26N2O3/c1-10-7-5-6-8-11(10)9-15-13(19)16(4)14(2,3)12(17)18/h10-11H,5-9H2,1-4H3,(H,15,19)(H,17,18). The molecule has 1 saturated carbocycles. The number of amides is 2. The molecule has 0 aromatic heterocycles. The molecule has 0 aromatic rings. The van der Waals surface area contributed by atoms with Gasteiger partial charge in [0.15, 0.2) is 0 Å². The third-order valence-electron chi connectivity index (χ3n) is 4.47. The van der Waals surface area contributed by atoms with E-state index in [1.165, 1.54) is 45.1 Å². The Morgan fingerprint density at radius 2 is 1.89 bits per heavy atom. The van der Waals surface area contributed by atoms with Gasteiger partial charge in [0.1, 0.15) is 5.54 Å². The van der Waals surface area contributed by atoms with E-state index >= 15 is 0 Å². The van der Waals surface area contributed by atoms with E-state index in [0.29, 0.717) is 18.4 Å². The molecular weight excluding hydrogens is 244 g/mol. The Balaban J connectivity index is 2.48. The molecule has 0 aliphatic heterocycles. The van der Waals surface area contributed by atoms with Crippen LogP contribution in [0.5, 0.6) is 0 Å². The van der Waals surface area contributed by atoms with E-state index < -0.39 is 11.5 Å². The Bertz CT molecular complexity index is 342. The Hall–Kier alpha value is -1.26. The zero-order valence-electron chi connectivity index (χ0n) is 12.4. The Labute approximate surface area is 115 Å². The number of carboxylic acids is 1. The molecule has 5 heteroatoms. The van der Waals surface area contributed by atoms with Gasteiger partial charge in [-0.1, -0.05) is 26.2 Å². The fraction of sp³-hybridized carbons (Fsp3) is 0.857. The van der Waals surface area contributed by atoms with Crippen LogP contribution in [0.15, 0.2) is 0 Å². The van der Waals surface area contributed by atoms with Crippen molar-refractivity contribution >= 4 is 12.0 Å². The van der Waals surface area contributed by atoms with Crippen molar-refractivity contribution in [3.8, 4) is 0 Å². The van der Waals surface area contributed by atoms with E-state index in [4.69, 9.17) is 5.11 Å². The van der Waals surface area contributed by atoms with Gasteiger partial charge in [0.05, 0.1) is 0 Å². The molecule has 1 aliphatic rings. The molecule has 2 N–H and O–H groups in total. The van der Waals surface area contributed by atoms with Crippen LogP contribution >= 0.6 is 0 Å². The normalized spacial score (nSPS) is 23.8. The van der Waals surface area contributed by atoms with E-state index in [9.17, 15) is 9.59 Å². The lowest BCUT2D eigenvalue weighted by Gasteiger charge is -2.33. The number of urea groups is 1. The summed E-state index contributed by atoms with van der Waals surface area (Å²) >= 11 is 0. The SMILES string of the molecule is CC1CCCCC1CNC(=O)N(C)C(C)(C)C(=O)O. The lowest BCUT2D eigenvalue weighted by atomic mass is 9.80. The van der Waals surface area contributed by atoms with Gasteiger partial charge in [0, 0.05) is 13.6 Å². The zero-order valence-corrected chi connectivity index (χ0v) is 12.4.